The average Bonchev–Trinajstić information content (AvgIpc) is 3.22. The van der Waals surface area contributed by atoms with Crippen LogP contribution < -0.4 is 14.9 Å². The van der Waals surface area contributed by atoms with Crippen LogP contribution in [0.3, 0.4) is 0 Å². The smallest absolute Gasteiger partial charge is 0.459 e. The third-order valence-electron chi connectivity index (χ3n) is 5.36. The number of nitrogens with one attached hydrogen (secondary N) is 2. The third-order valence-corrected chi connectivity index (χ3v) is 7.01. The number of hydrogen-bond acceptors (Lipinski definition) is 9. The molecule has 0 bridgehead atoms. The van der Waals surface area contributed by atoms with Crippen molar-refractivity contribution in [2.75, 3.05) is 20.3 Å². The molecule has 1 aromatic carbocycles. The molecular weight excluding hydrogens is 489 g/mol. The van der Waals surface area contributed by atoms with Gasteiger partial charge in [0.25, 0.3) is 5.91 Å². The molecule has 5 unspecified atom stereocenters. The van der Waals surface area contributed by atoms with E-state index in [9.17, 15) is 18.9 Å². The molecular formula is C24H36N3O8P. The van der Waals surface area contributed by atoms with Crippen molar-refractivity contribution in [3.63, 3.8) is 0 Å². The van der Waals surface area contributed by atoms with E-state index in [0.717, 1.165) is 12.8 Å². The Morgan fingerprint density at radius 3 is 2.69 bits per heavy atom. The maximum absolute atomic E-state index is 13.6. The highest BCUT2D eigenvalue weighted by Gasteiger charge is 2.38. The largest absolute Gasteiger partial charge is 0.465 e. The highest BCUT2D eigenvalue weighted by atomic mass is 31.2. The number of amides is 2. The van der Waals surface area contributed by atoms with Gasteiger partial charge >= 0.3 is 13.7 Å². The van der Waals surface area contributed by atoms with E-state index >= 15 is 0 Å². The number of ether oxygens (including phenoxy) is 2. The molecule has 5 atom stereocenters. The molecule has 0 aromatic heterocycles. The van der Waals surface area contributed by atoms with Crippen LogP contribution in [0.15, 0.2) is 42.6 Å². The van der Waals surface area contributed by atoms with Crippen LogP contribution in [0, 0.1) is 5.92 Å². The zero-order chi connectivity index (χ0) is 26.6. The molecule has 1 saturated heterocycles. The van der Waals surface area contributed by atoms with E-state index in [0.29, 0.717) is 18.6 Å². The lowest BCUT2D eigenvalue weighted by Gasteiger charge is -2.26. The lowest BCUT2D eigenvalue weighted by molar-refractivity contribution is -0.145. The first-order chi connectivity index (χ1) is 17.2. The standard InChI is InChI=1S/C24H36N3O8P/c1-5-6-14-32-24(30)19(3)26-36(31,35-20-10-8-7-9-11-20)33-16-21-15-18(2)23(34-21)27(4)13-12-22(29)25-17-28/h7-13,17-19,21,23H,5-6,14-16H2,1-4H3,(H,26,31)(H,25,28,29)/b13-12-. The molecule has 1 heterocycles. The fraction of sp³-hybridized carbons (Fsp3) is 0.542. The second kappa shape index (κ2) is 14.7. The predicted octanol–water partition coefficient (Wildman–Crippen LogP) is 2.98. The zero-order valence-electron chi connectivity index (χ0n) is 21.1. The number of carbonyl (C=O) groups excluding carboxylic acids is 3. The third kappa shape index (κ3) is 9.73. The molecule has 2 N–H and O–H groups in total. The Balaban J connectivity index is 2.02. The summed E-state index contributed by atoms with van der Waals surface area (Å²) in [6, 6.07) is 7.59. The van der Waals surface area contributed by atoms with Crippen molar-refractivity contribution in [1.29, 1.82) is 0 Å². The Labute approximate surface area is 212 Å². The molecule has 11 nitrogen and oxygen atoms in total. The van der Waals surface area contributed by atoms with E-state index in [-0.39, 0.29) is 25.4 Å². The van der Waals surface area contributed by atoms with Crippen molar-refractivity contribution in [3.8, 4) is 5.75 Å². The number of rotatable bonds is 15. The van der Waals surface area contributed by atoms with E-state index in [2.05, 4.69) is 5.09 Å². The topological polar surface area (TPSA) is 132 Å². The van der Waals surface area contributed by atoms with Gasteiger partial charge in [-0.25, -0.2) is 4.57 Å². The van der Waals surface area contributed by atoms with Gasteiger partial charge in [-0.3, -0.25) is 24.2 Å². The summed E-state index contributed by atoms with van der Waals surface area (Å²) < 4.78 is 36.2. The lowest BCUT2D eigenvalue weighted by Crippen LogP contribution is -2.36. The summed E-state index contributed by atoms with van der Waals surface area (Å²) in [5, 5.41) is 4.70. The first kappa shape index (κ1) is 29.5. The summed E-state index contributed by atoms with van der Waals surface area (Å²) in [7, 11) is -2.24. The number of benzene rings is 1. The summed E-state index contributed by atoms with van der Waals surface area (Å²) in [4.78, 5) is 35.9. The molecule has 0 radical (unpaired) electrons. The first-order valence-corrected chi connectivity index (χ1v) is 13.4. The fourth-order valence-electron chi connectivity index (χ4n) is 3.52. The molecule has 200 valence electrons. The number of para-hydroxylation sites is 1. The van der Waals surface area contributed by atoms with E-state index in [1.165, 1.54) is 19.2 Å². The summed E-state index contributed by atoms with van der Waals surface area (Å²) in [6.45, 7) is 5.72. The van der Waals surface area contributed by atoms with E-state index in [4.69, 9.17) is 18.5 Å². The van der Waals surface area contributed by atoms with Crippen LogP contribution in [0.2, 0.25) is 0 Å². The molecule has 0 aliphatic carbocycles. The Hall–Kier alpha value is -2.72. The molecule has 0 saturated carbocycles. The van der Waals surface area contributed by atoms with Crippen molar-refractivity contribution >= 4 is 26.0 Å². The SMILES string of the molecule is CCCCOC(=O)C(C)NP(=O)(OCC1CC(C)C(N(C)/C=C\C(=O)NC=O)O1)Oc1ccccc1. The number of hydrogen-bond donors (Lipinski definition) is 2. The molecule has 0 spiro atoms. The van der Waals surface area contributed by atoms with Gasteiger partial charge in [-0.05, 0) is 31.9 Å². The van der Waals surface area contributed by atoms with Crippen LogP contribution in [0.4, 0.5) is 0 Å². The highest BCUT2D eigenvalue weighted by molar-refractivity contribution is 7.52. The minimum absolute atomic E-state index is 0.0568. The van der Waals surface area contributed by atoms with E-state index < -0.39 is 31.8 Å². The Morgan fingerprint density at radius 2 is 2.03 bits per heavy atom. The molecule has 12 heteroatoms. The maximum atomic E-state index is 13.6. The molecule has 1 fully saturated rings. The summed E-state index contributed by atoms with van der Waals surface area (Å²) in [6.07, 6.45) is 4.48. The zero-order valence-corrected chi connectivity index (χ0v) is 22.0. The van der Waals surface area contributed by atoms with Gasteiger partial charge in [0.05, 0.1) is 19.3 Å². The number of carbonyl (C=O) groups is 3. The van der Waals surface area contributed by atoms with Gasteiger partial charge in [-0.2, -0.15) is 5.09 Å². The predicted molar refractivity (Wildman–Crippen MR) is 133 cm³/mol. The maximum Gasteiger partial charge on any atom is 0.459 e. The highest BCUT2D eigenvalue weighted by Crippen LogP contribution is 2.45. The van der Waals surface area contributed by atoms with Gasteiger partial charge < -0.3 is 18.9 Å². The van der Waals surface area contributed by atoms with Crippen molar-refractivity contribution in [2.45, 2.75) is 58.4 Å². The monoisotopic (exact) mass is 525 g/mol. The van der Waals surface area contributed by atoms with Crippen molar-refractivity contribution in [2.24, 2.45) is 5.92 Å². The van der Waals surface area contributed by atoms with Crippen molar-refractivity contribution in [3.05, 3.63) is 42.6 Å². The van der Waals surface area contributed by atoms with Crippen LogP contribution in [-0.2, 0) is 32.9 Å². The number of imide groups is 1. The minimum Gasteiger partial charge on any atom is -0.465 e. The van der Waals surface area contributed by atoms with Crippen LogP contribution in [0.25, 0.3) is 0 Å². The first-order valence-electron chi connectivity index (χ1n) is 11.9. The molecule has 1 aliphatic rings. The van der Waals surface area contributed by atoms with Crippen LogP contribution in [0.5, 0.6) is 5.75 Å². The molecule has 2 rings (SSSR count). The molecule has 36 heavy (non-hydrogen) atoms. The average molecular weight is 526 g/mol. The Kier molecular flexibility index (Phi) is 12.1. The van der Waals surface area contributed by atoms with Crippen molar-refractivity contribution in [1.82, 2.24) is 15.3 Å². The molecule has 1 aromatic rings. The van der Waals surface area contributed by atoms with Gasteiger partial charge in [-0.15, -0.1) is 0 Å². The van der Waals surface area contributed by atoms with Crippen molar-refractivity contribution < 1.29 is 37.5 Å². The number of esters is 1. The van der Waals surface area contributed by atoms with Gasteiger partial charge in [0.1, 0.15) is 18.0 Å². The van der Waals surface area contributed by atoms with E-state index in [1.807, 2.05) is 19.2 Å². The summed E-state index contributed by atoms with van der Waals surface area (Å²) in [5.74, 6) is -0.717. The normalized spacial score (nSPS) is 21.9. The number of unbranched alkanes of at least 4 members (excludes halogenated alkanes) is 1. The van der Waals surface area contributed by atoms with Gasteiger partial charge in [0, 0.05) is 25.2 Å². The quantitative estimate of drug-likeness (QED) is 0.116. The summed E-state index contributed by atoms with van der Waals surface area (Å²) >= 11 is 0. The van der Waals surface area contributed by atoms with E-state index in [1.54, 1.807) is 42.3 Å². The van der Waals surface area contributed by atoms with Crippen LogP contribution >= 0.6 is 7.75 Å². The number of nitrogens with zero attached hydrogens (tertiary/aromatic N) is 1. The Bertz CT molecular complexity index is 929. The lowest BCUT2D eigenvalue weighted by atomic mass is 10.1. The molecule has 2 amide bonds. The van der Waals surface area contributed by atoms with Crippen LogP contribution in [-0.4, -0.2) is 61.8 Å². The van der Waals surface area contributed by atoms with Gasteiger partial charge in [0.2, 0.25) is 6.41 Å². The molecule has 1 aliphatic heterocycles. The fourth-order valence-corrected chi connectivity index (χ4v) is 5.04. The van der Waals surface area contributed by atoms with Gasteiger partial charge in [-0.1, -0.05) is 38.5 Å². The second-order valence-corrected chi connectivity index (χ2v) is 10.2. The second-order valence-electron chi connectivity index (χ2n) is 8.54. The van der Waals surface area contributed by atoms with Crippen LogP contribution in [0.1, 0.15) is 40.0 Å². The summed E-state index contributed by atoms with van der Waals surface area (Å²) in [5.41, 5.74) is 0. The Morgan fingerprint density at radius 1 is 1.31 bits per heavy atom. The van der Waals surface area contributed by atoms with Gasteiger partial charge in [0.15, 0.2) is 0 Å². The minimum atomic E-state index is -3.98.